The predicted molar refractivity (Wildman–Crippen MR) is 143 cm³/mol. The molecule has 40 heavy (non-hydrogen) atoms. The topological polar surface area (TPSA) is 142 Å². The van der Waals surface area contributed by atoms with E-state index in [-0.39, 0.29) is 6.42 Å². The number of ether oxygens (including phenoxy) is 2. The van der Waals surface area contributed by atoms with Crippen LogP contribution in [0.5, 0.6) is 0 Å². The third-order valence-electron chi connectivity index (χ3n) is 11.5. The molecular weight excluding hydrogens is 538 g/mol. The average molecular weight is 576 g/mol. The average Bonchev–Trinajstić information content (AvgIpc) is 3.36. The second-order valence-electron chi connectivity index (χ2n) is 13.2. The minimum atomic E-state index is -2.09. The van der Waals surface area contributed by atoms with E-state index in [1.165, 1.54) is 13.8 Å². The van der Waals surface area contributed by atoms with Gasteiger partial charge in [0.05, 0.1) is 16.6 Å². The molecule has 10 heteroatoms. The number of hydrogen-bond donors (Lipinski definition) is 4. The number of amides is 1. The maximum Gasteiger partial charge on any atom is 0.302 e. The number of halogens is 1. The zero-order valence-electron chi connectivity index (χ0n) is 23.4. The molecule has 13 unspecified atom stereocenters. The Hall–Kier alpha value is -2.04. The van der Waals surface area contributed by atoms with Crippen LogP contribution in [0.15, 0.2) is 30.3 Å². The minimum Gasteiger partial charge on any atom is -0.461 e. The largest absolute Gasteiger partial charge is 0.461 e. The molecule has 2 aliphatic carbocycles. The third kappa shape index (κ3) is 3.00. The Bertz CT molecular complexity index is 1270. The summed E-state index contributed by atoms with van der Waals surface area (Å²) in [6.45, 7) is 7.68. The van der Waals surface area contributed by atoms with Gasteiger partial charge in [-0.3, -0.25) is 14.4 Å². The molecule has 3 saturated heterocycles. The van der Waals surface area contributed by atoms with E-state index in [9.17, 15) is 29.7 Å². The van der Waals surface area contributed by atoms with Crippen LogP contribution < -0.4 is 5.32 Å². The summed E-state index contributed by atoms with van der Waals surface area (Å²) < 4.78 is 12.9. The smallest absolute Gasteiger partial charge is 0.302 e. The molecule has 1 amide bonds. The van der Waals surface area contributed by atoms with Crippen molar-refractivity contribution < 1.29 is 39.2 Å². The highest BCUT2D eigenvalue weighted by molar-refractivity contribution is 6.26. The van der Waals surface area contributed by atoms with E-state index < -0.39 is 92.8 Å². The molecule has 13 atom stereocenters. The summed E-state index contributed by atoms with van der Waals surface area (Å²) in [5.41, 5.74) is -5.49. The SMILES string of the molecule is CC(=O)OC1C2C(CC(C)C(O)(C(C)=O)C2O)CC23OC(C)(C4C(Cc5ccccc5)NC(=O)C142)C(C)(Cl)C3O. The lowest BCUT2D eigenvalue weighted by atomic mass is 9.41. The molecule has 5 aliphatic rings. The number of fused-ring (bicyclic) bond motifs is 3. The standard InChI is InChI=1S/C30H38ClNO8/c1-14-11-18-13-28-24(36)26(4,31)27(5,40-28)21-19(12-17-9-7-6-8-10-17)32-25(37)29(21,28)23(39-16(3)34)20(18)22(35)30(14,38)15(2)33/h6-10,14,18-24,35-36,38H,11-13H2,1-5H3,(H,32,37). The van der Waals surface area contributed by atoms with Crippen molar-refractivity contribution in [2.45, 2.75) is 99.9 Å². The van der Waals surface area contributed by atoms with Gasteiger partial charge in [-0.05, 0) is 57.4 Å². The van der Waals surface area contributed by atoms with E-state index in [0.717, 1.165) is 5.56 Å². The molecule has 0 aromatic heterocycles. The summed E-state index contributed by atoms with van der Waals surface area (Å²) in [6, 6.07) is 9.14. The molecular formula is C30H38ClNO8. The number of benzene rings is 1. The molecule has 3 heterocycles. The molecule has 2 saturated carbocycles. The van der Waals surface area contributed by atoms with Crippen LogP contribution in [-0.2, 0) is 30.3 Å². The van der Waals surface area contributed by atoms with E-state index in [1.54, 1.807) is 20.8 Å². The fourth-order valence-electron chi connectivity index (χ4n) is 9.80. The van der Waals surface area contributed by atoms with E-state index in [2.05, 4.69) is 5.32 Å². The molecule has 9 nitrogen and oxygen atoms in total. The number of carbonyl (C=O) groups is 3. The lowest BCUT2D eigenvalue weighted by Gasteiger charge is -2.63. The Morgan fingerprint density at radius 3 is 2.42 bits per heavy atom. The quantitative estimate of drug-likeness (QED) is 0.313. The summed E-state index contributed by atoms with van der Waals surface area (Å²) in [6.07, 6.45) is -3.32. The highest BCUT2D eigenvalue weighted by Crippen LogP contribution is 2.77. The number of nitrogens with one attached hydrogen (secondary N) is 1. The maximum atomic E-state index is 14.5. The van der Waals surface area contributed by atoms with Gasteiger partial charge in [-0.1, -0.05) is 37.3 Å². The Kier molecular flexibility index (Phi) is 5.97. The van der Waals surface area contributed by atoms with Crippen LogP contribution in [0.25, 0.3) is 0 Å². The van der Waals surface area contributed by atoms with Gasteiger partial charge in [-0.2, -0.15) is 0 Å². The summed E-state index contributed by atoms with van der Waals surface area (Å²) in [7, 11) is 0. The van der Waals surface area contributed by atoms with Gasteiger partial charge >= 0.3 is 5.97 Å². The summed E-state index contributed by atoms with van der Waals surface area (Å²) in [4.78, 5) is 38.7. The summed E-state index contributed by atoms with van der Waals surface area (Å²) in [5.74, 6) is -4.41. The third-order valence-corrected chi connectivity index (χ3v) is 12.1. The number of aliphatic hydroxyl groups excluding tert-OH is 2. The molecule has 1 aromatic rings. The second-order valence-corrected chi connectivity index (χ2v) is 14.0. The van der Waals surface area contributed by atoms with Crippen LogP contribution in [0.4, 0.5) is 0 Å². The molecule has 218 valence electrons. The first-order valence-electron chi connectivity index (χ1n) is 14.1. The fourth-order valence-corrected chi connectivity index (χ4v) is 10.1. The number of ketones is 1. The Morgan fingerprint density at radius 1 is 1.18 bits per heavy atom. The normalized spacial score (nSPS) is 52.4. The Morgan fingerprint density at radius 2 is 1.82 bits per heavy atom. The minimum absolute atomic E-state index is 0.145. The van der Waals surface area contributed by atoms with Crippen LogP contribution in [0, 0.1) is 29.1 Å². The zero-order chi connectivity index (χ0) is 29.2. The van der Waals surface area contributed by atoms with Gasteiger partial charge in [0.2, 0.25) is 5.91 Å². The van der Waals surface area contributed by atoms with Gasteiger partial charge in [0.15, 0.2) is 11.4 Å². The van der Waals surface area contributed by atoms with Crippen molar-refractivity contribution in [2.24, 2.45) is 29.1 Å². The first-order valence-corrected chi connectivity index (χ1v) is 14.5. The fraction of sp³-hybridized carbons (Fsp3) is 0.700. The Balaban J connectivity index is 1.58. The highest BCUT2D eigenvalue weighted by Gasteiger charge is 2.93. The number of esters is 1. The first kappa shape index (κ1) is 28.1. The van der Waals surface area contributed by atoms with E-state index in [1.807, 2.05) is 30.3 Å². The van der Waals surface area contributed by atoms with Crippen LogP contribution in [0.2, 0.25) is 0 Å². The molecule has 2 spiro atoms. The summed E-state index contributed by atoms with van der Waals surface area (Å²) >= 11 is 7.17. The number of aliphatic hydroxyl groups is 3. The van der Waals surface area contributed by atoms with Crippen molar-refractivity contribution in [3.05, 3.63) is 35.9 Å². The van der Waals surface area contributed by atoms with Crippen LogP contribution in [0.1, 0.15) is 53.0 Å². The van der Waals surface area contributed by atoms with Crippen molar-refractivity contribution >= 4 is 29.3 Å². The van der Waals surface area contributed by atoms with E-state index >= 15 is 0 Å². The van der Waals surface area contributed by atoms with Crippen LogP contribution in [-0.4, -0.2) is 79.0 Å². The second kappa shape index (κ2) is 8.51. The van der Waals surface area contributed by atoms with Crippen molar-refractivity contribution in [3.8, 4) is 0 Å². The van der Waals surface area contributed by atoms with Gasteiger partial charge in [0, 0.05) is 24.8 Å². The van der Waals surface area contributed by atoms with Crippen LogP contribution >= 0.6 is 11.6 Å². The molecule has 1 aromatic carbocycles. The van der Waals surface area contributed by atoms with Crippen molar-refractivity contribution in [1.29, 1.82) is 0 Å². The van der Waals surface area contributed by atoms with E-state index in [4.69, 9.17) is 21.1 Å². The van der Waals surface area contributed by atoms with Gasteiger partial charge < -0.3 is 30.1 Å². The molecule has 2 bridgehead atoms. The van der Waals surface area contributed by atoms with Gasteiger partial charge in [-0.25, -0.2) is 0 Å². The number of carbonyl (C=O) groups excluding carboxylic acids is 3. The summed E-state index contributed by atoms with van der Waals surface area (Å²) in [5, 5.41) is 38.4. The zero-order valence-corrected chi connectivity index (χ0v) is 24.1. The number of Topliss-reactive ketones (excluding diaryl/α,β-unsaturated/α-hetero) is 1. The number of rotatable bonds is 4. The lowest BCUT2D eigenvalue weighted by Crippen LogP contribution is -2.78. The maximum absolute atomic E-state index is 14.5. The van der Waals surface area contributed by atoms with Gasteiger partial charge in [-0.15, -0.1) is 11.6 Å². The monoisotopic (exact) mass is 575 g/mol. The van der Waals surface area contributed by atoms with Crippen LogP contribution in [0.3, 0.4) is 0 Å². The van der Waals surface area contributed by atoms with Crippen molar-refractivity contribution in [2.75, 3.05) is 0 Å². The molecule has 5 fully saturated rings. The number of hydrogen-bond acceptors (Lipinski definition) is 8. The lowest BCUT2D eigenvalue weighted by molar-refractivity contribution is -0.263. The number of alkyl halides is 1. The highest BCUT2D eigenvalue weighted by atomic mass is 35.5. The van der Waals surface area contributed by atoms with Gasteiger partial charge in [0.25, 0.3) is 0 Å². The molecule has 6 rings (SSSR count). The molecule has 3 aliphatic heterocycles. The Labute approximate surface area is 238 Å². The van der Waals surface area contributed by atoms with Crippen molar-refractivity contribution in [3.63, 3.8) is 0 Å². The molecule has 4 N–H and O–H groups in total. The van der Waals surface area contributed by atoms with E-state index in [0.29, 0.717) is 12.8 Å². The predicted octanol–water partition coefficient (Wildman–Crippen LogP) is 1.52. The first-order chi connectivity index (χ1) is 18.6. The van der Waals surface area contributed by atoms with Crippen molar-refractivity contribution in [1.82, 2.24) is 5.32 Å². The molecule has 0 radical (unpaired) electrons. The van der Waals surface area contributed by atoms with Gasteiger partial charge in [0.1, 0.15) is 23.2 Å².